The van der Waals surface area contributed by atoms with Crippen molar-refractivity contribution >= 4 is 34.4 Å². The molecule has 2 aromatic carbocycles. The molecule has 0 aliphatic heterocycles. The molecule has 0 saturated carbocycles. The Kier molecular flexibility index (Phi) is 6.46. The van der Waals surface area contributed by atoms with Gasteiger partial charge in [0.25, 0.3) is 5.91 Å². The van der Waals surface area contributed by atoms with Crippen LogP contribution in [0.1, 0.15) is 54.2 Å². The molecule has 3 aromatic rings. The van der Waals surface area contributed by atoms with E-state index in [0.717, 1.165) is 18.9 Å². The quantitative estimate of drug-likeness (QED) is 0.408. The zero-order valence-electron chi connectivity index (χ0n) is 17.0. The van der Waals surface area contributed by atoms with Crippen LogP contribution in [0.2, 0.25) is 5.02 Å². The van der Waals surface area contributed by atoms with Crippen LogP contribution in [0.5, 0.6) is 5.75 Å². The number of carbonyl (C=O) groups is 2. The molecule has 30 heavy (non-hydrogen) atoms. The largest absolute Gasteiger partial charge is 0.505 e. The second kappa shape index (κ2) is 8.88. The topological polar surface area (TPSA) is 68.5 Å². The van der Waals surface area contributed by atoms with Gasteiger partial charge in [-0.05, 0) is 50.1 Å². The molecule has 0 fully saturated rings. The SMILES string of the molecule is CCCCOC(=O)[C@@H](C)c1c(C)n(C(=O)c2cccc(Cl)c2)c2cc(F)c(O)cc12. The van der Waals surface area contributed by atoms with Gasteiger partial charge >= 0.3 is 5.97 Å². The van der Waals surface area contributed by atoms with Crippen LogP contribution >= 0.6 is 11.6 Å². The molecule has 1 aromatic heterocycles. The van der Waals surface area contributed by atoms with Crippen molar-refractivity contribution in [2.24, 2.45) is 0 Å². The molecular weight excluding hydrogens is 409 g/mol. The number of benzene rings is 2. The first-order valence-electron chi connectivity index (χ1n) is 9.76. The van der Waals surface area contributed by atoms with Crippen molar-refractivity contribution < 1.29 is 23.8 Å². The smallest absolute Gasteiger partial charge is 0.313 e. The molecular formula is C23H23ClFNO4. The Hall–Kier alpha value is -2.86. The Balaban J connectivity index is 2.17. The van der Waals surface area contributed by atoms with Gasteiger partial charge in [0.05, 0.1) is 18.0 Å². The first-order valence-corrected chi connectivity index (χ1v) is 10.1. The van der Waals surface area contributed by atoms with E-state index >= 15 is 0 Å². The van der Waals surface area contributed by atoms with Gasteiger partial charge in [-0.15, -0.1) is 0 Å². The molecule has 0 radical (unpaired) electrons. The van der Waals surface area contributed by atoms with Gasteiger partial charge in [0.15, 0.2) is 11.6 Å². The fourth-order valence-corrected chi connectivity index (χ4v) is 3.76. The summed E-state index contributed by atoms with van der Waals surface area (Å²) in [7, 11) is 0. The van der Waals surface area contributed by atoms with Gasteiger partial charge in [-0.25, -0.2) is 4.39 Å². The average Bonchev–Trinajstić information content (AvgIpc) is 2.98. The van der Waals surface area contributed by atoms with E-state index in [2.05, 4.69) is 0 Å². The number of aromatic hydroxyl groups is 1. The molecule has 7 heteroatoms. The molecule has 1 N–H and O–H groups in total. The van der Waals surface area contributed by atoms with E-state index in [1.807, 2.05) is 6.92 Å². The van der Waals surface area contributed by atoms with Gasteiger partial charge in [0, 0.05) is 27.7 Å². The number of fused-ring (bicyclic) bond motifs is 1. The fourth-order valence-electron chi connectivity index (χ4n) is 3.57. The summed E-state index contributed by atoms with van der Waals surface area (Å²) in [6.07, 6.45) is 1.64. The Morgan fingerprint density at radius 1 is 1.27 bits per heavy atom. The molecule has 0 aliphatic carbocycles. The van der Waals surface area contributed by atoms with Crippen LogP contribution < -0.4 is 0 Å². The Labute approximate surface area is 179 Å². The highest BCUT2D eigenvalue weighted by atomic mass is 35.5. The van der Waals surface area contributed by atoms with Crippen molar-refractivity contribution in [2.75, 3.05) is 6.61 Å². The summed E-state index contributed by atoms with van der Waals surface area (Å²) in [6.45, 7) is 5.65. The Morgan fingerprint density at radius 3 is 2.67 bits per heavy atom. The van der Waals surface area contributed by atoms with Gasteiger partial charge in [0.2, 0.25) is 0 Å². The van der Waals surface area contributed by atoms with Crippen LogP contribution in [0.25, 0.3) is 10.9 Å². The zero-order chi connectivity index (χ0) is 22.0. The maximum atomic E-state index is 14.2. The van der Waals surface area contributed by atoms with Crippen molar-refractivity contribution in [3.8, 4) is 5.75 Å². The van der Waals surface area contributed by atoms with Crippen LogP contribution in [-0.2, 0) is 9.53 Å². The highest BCUT2D eigenvalue weighted by Crippen LogP contribution is 2.36. The third-order valence-electron chi connectivity index (χ3n) is 5.12. The lowest BCUT2D eigenvalue weighted by atomic mass is 9.98. The summed E-state index contributed by atoms with van der Waals surface area (Å²) in [6, 6.07) is 8.77. The number of aromatic nitrogens is 1. The minimum absolute atomic E-state index is 0.260. The number of ether oxygens (including phenoxy) is 1. The first kappa shape index (κ1) is 21.8. The van der Waals surface area contributed by atoms with Crippen LogP contribution in [0.3, 0.4) is 0 Å². The molecule has 0 aliphatic rings. The Morgan fingerprint density at radius 2 is 2.00 bits per heavy atom. The summed E-state index contributed by atoms with van der Waals surface area (Å²) >= 11 is 6.02. The summed E-state index contributed by atoms with van der Waals surface area (Å²) < 4.78 is 20.9. The van der Waals surface area contributed by atoms with Gasteiger partial charge in [-0.3, -0.25) is 14.2 Å². The Bertz CT molecular complexity index is 1120. The molecule has 1 heterocycles. The van der Waals surface area contributed by atoms with Crippen LogP contribution in [0.15, 0.2) is 36.4 Å². The number of hydrogen-bond donors (Lipinski definition) is 1. The number of phenols is 1. The normalized spacial score (nSPS) is 12.2. The van der Waals surface area contributed by atoms with E-state index in [4.69, 9.17) is 16.3 Å². The van der Waals surface area contributed by atoms with E-state index < -0.39 is 29.4 Å². The highest BCUT2D eigenvalue weighted by Gasteiger charge is 2.28. The second-order valence-corrected chi connectivity index (χ2v) is 7.65. The lowest BCUT2D eigenvalue weighted by molar-refractivity contribution is -0.145. The highest BCUT2D eigenvalue weighted by molar-refractivity contribution is 6.31. The number of halogens is 2. The predicted octanol–water partition coefficient (Wildman–Crippen LogP) is 5.58. The predicted molar refractivity (Wildman–Crippen MR) is 114 cm³/mol. The lowest BCUT2D eigenvalue weighted by Gasteiger charge is -2.13. The number of esters is 1. The summed E-state index contributed by atoms with van der Waals surface area (Å²) in [5.74, 6) is -2.97. The van der Waals surface area contributed by atoms with Crippen LogP contribution in [0, 0.1) is 12.7 Å². The minimum atomic E-state index is -0.857. The van der Waals surface area contributed by atoms with Crippen molar-refractivity contribution in [2.45, 2.75) is 39.5 Å². The third-order valence-corrected chi connectivity index (χ3v) is 5.36. The zero-order valence-corrected chi connectivity index (χ0v) is 17.8. The molecule has 0 bridgehead atoms. The molecule has 0 unspecified atom stereocenters. The summed E-state index contributed by atoms with van der Waals surface area (Å²) in [5, 5.41) is 10.7. The van der Waals surface area contributed by atoms with Gasteiger partial charge in [-0.2, -0.15) is 0 Å². The van der Waals surface area contributed by atoms with E-state index in [0.29, 0.717) is 33.8 Å². The molecule has 0 saturated heterocycles. The average molecular weight is 432 g/mol. The van der Waals surface area contributed by atoms with Gasteiger partial charge in [-0.1, -0.05) is 31.0 Å². The lowest BCUT2D eigenvalue weighted by Crippen LogP contribution is -2.17. The van der Waals surface area contributed by atoms with E-state index in [1.54, 1.807) is 32.0 Å². The van der Waals surface area contributed by atoms with Crippen molar-refractivity contribution in [3.05, 3.63) is 64.1 Å². The number of phenolic OH excluding ortho intramolecular Hbond substituents is 1. The van der Waals surface area contributed by atoms with Crippen molar-refractivity contribution in [1.29, 1.82) is 0 Å². The third kappa shape index (κ3) is 4.05. The number of nitrogens with zero attached hydrogens (tertiary/aromatic N) is 1. The number of hydrogen-bond acceptors (Lipinski definition) is 4. The molecule has 0 amide bonds. The van der Waals surface area contributed by atoms with Crippen molar-refractivity contribution in [1.82, 2.24) is 4.57 Å². The maximum absolute atomic E-state index is 14.2. The monoisotopic (exact) mass is 431 g/mol. The number of carbonyl (C=O) groups excluding carboxylic acids is 2. The van der Waals surface area contributed by atoms with Crippen LogP contribution in [0.4, 0.5) is 4.39 Å². The van der Waals surface area contributed by atoms with Crippen molar-refractivity contribution in [3.63, 3.8) is 0 Å². The second-order valence-electron chi connectivity index (χ2n) is 7.21. The van der Waals surface area contributed by atoms with E-state index in [-0.39, 0.29) is 5.52 Å². The summed E-state index contributed by atoms with van der Waals surface area (Å²) in [4.78, 5) is 25.8. The molecule has 5 nitrogen and oxygen atoms in total. The van der Waals surface area contributed by atoms with E-state index in [1.165, 1.54) is 16.7 Å². The number of unbranched alkanes of at least 4 members (excludes halogenated alkanes) is 1. The van der Waals surface area contributed by atoms with Crippen LogP contribution in [-0.4, -0.2) is 28.2 Å². The molecule has 158 valence electrons. The standard InChI is InChI=1S/C23H23ClFNO4/c1-4-5-9-30-23(29)13(2)21-14(3)26(19-12-18(25)20(27)11-17(19)21)22(28)15-7-6-8-16(24)10-15/h6-8,10-13,27H,4-5,9H2,1-3H3/t13-/m0/s1. The first-order chi connectivity index (χ1) is 14.3. The molecule has 3 rings (SSSR count). The summed E-state index contributed by atoms with van der Waals surface area (Å²) in [5.41, 5.74) is 1.56. The number of rotatable bonds is 6. The fraction of sp³-hybridized carbons (Fsp3) is 0.304. The van der Waals surface area contributed by atoms with Gasteiger partial charge < -0.3 is 9.84 Å². The molecule has 1 atom stereocenters. The maximum Gasteiger partial charge on any atom is 0.313 e. The van der Waals surface area contributed by atoms with Gasteiger partial charge in [0.1, 0.15) is 0 Å². The van der Waals surface area contributed by atoms with E-state index in [9.17, 15) is 19.1 Å². The molecule has 0 spiro atoms. The minimum Gasteiger partial charge on any atom is -0.505 e.